The van der Waals surface area contributed by atoms with Crippen LogP contribution in [0.3, 0.4) is 0 Å². The van der Waals surface area contributed by atoms with E-state index in [1.165, 1.54) is 24.1 Å². The molecule has 2 aromatic carbocycles. The summed E-state index contributed by atoms with van der Waals surface area (Å²) in [5, 5.41) is 3.60. The summed E-state index contributed by atoms with van der Waals surface area (Å²) >= 11 is 0. The van der Waals surface area contributed by atoms with Crippen molar-refractivity contribution >= 4 is 30.0 Å². The molecule has 8 heteroatoms. The van der Waals surface area contributed by atoms with E-state index in [-0.39, 0.29) is 30.3 Å². The SMILES string of the molecule is C[C@@H]1C[C@@H]1Oc1cccc(CN2CC[C@@]3(C[C@@H]2C)C(NC2CCC2)=NC(=O)N3c2cccc(F)c2)c1.Cl. The van der Waals surface area contributed by atoms with Gasteiger partial charge in [0, 0.05) is 30.9 Å². The summed E-state index contributed by atoms with van der Waals surface area (Å²) in [7, 11) is 0. The predicted octanol–water partition coefficient (Wildman–Crippen LogP) is 5.94. The normalized spacial score (nSPS) is 29.5. The maximum atomic E-state index is 14.2. The van der Waals surface area contributed by atoms with Crippen molar-refractivity contribution in [2.75, 3.05) is 11.4 Å². The average Bonchev–Trinajstić information content (AvgIpc) is 3.44. The second kappa shape index (κ2) is 10.3. The van der Waals surface area contributed by atoms with E-state index in [2.05, 4.69) is 47.3 Å². The third kappa shape index (κ3) is 5.08. The summed E-state index contributed by atoms with van der Waals surface area (Å²) in [6.07, 6.45) is 6.37. The quantitative estimate of drug-likeness (QED) is 0.506. The van der Waals surface area contributed by atoms with E-state index < -0.39 is 5.54 Å². The number of urea groups is 1. The second-order valence-electron chi connectivity index (χ2n) is 11.2. The number of piperidine rings is 1. The fourth-order valence-electron chi connectivity index (χ4n) is 5.92. The highest BCUT2D eigenvalue weighted by Gasteiger charge is 2.54. The van der Waals surface area contributed by atoms with Crippen molar-refractivity contribution in [2.45, 2.75) is 82.6 Å². The number of carbonyl (C=O) groups is 1. The highest BCUT2D eigenvalue weighted by Crippen LogP contribution is 2.42. The van der Waals surface area contributed by atoms with Crippen LogP contribution < -0.4 is 15.0 Å². The number of anilines is 1. The van der Waals surface area contributed by atoms with Crippen molar-refractivity contribution in [1.82, 2.24) is 10.2 Å². The van der Waals surface area contributed by atoms with Crippen molar-refractivity contribution in [3.05, 3.63) is 59.9 Å². The summed E-state index contributed by atoms with van der Waals surface area (Å²) in [5.74, 6) is 2.01. The van der Waals surface area contributed by atoms with Gasteiger partial charge in [-0.15, -0.1) is 12.4 Å². The van der Waals surface area contributed by atoms with Gasteiger partial charge in [0.2, 0.25) is 0 Å². The third-order valence-corrected chi connectivity index (χ3v) is 8.46. The largest absolute Gasteiger partial charge is 0.490 e. The Morgan fingerprint density at radius 3 is 2.62 bits per heavy atom. The van der Waals surface area contributed by atoms with Crippen molar-refractivity contribution in [1.29, 1.82) is 0 Å². The molecule has 2 amide bonds. The first-order valence-electron chi connectivity index (χ1n) is 13.4. The number of amides is 2. The standard InChI is InChI=1S/C29H35FN4O2.ClH/c1-19-14-26(19)36-25-11-3-6-21(15-25)18-33-13-12-29(17-20(33)2)27(31-23-8-5-9-23)32-28(35)34(29)24-10-4-7-22(30)16-24;/h3-4,6-7,10-11,15-16,19-20,23,26H,5,8-9,12-14,17-18H2,1-2H3,(H,31,32,35);1H/t19-,20+,26+,29-;/m1./s1. The molecule has 2 heterocycles. The van der Waals surface area contributed by atoms with Crippen LogP contribution in [0.4, 0.5) is 14.9 Å². The molecular formula is C29H36ClFN4O2. The van der Waals surface area contributed by atoms with Crippen LogP contribution in [-0.4, -0.2) is 47.0 Å². The van der Waals surface area contributed by atoms with E-state index in [4.69, 9.17) is 4.74 Å². The second-order valence-corrected chi connectivity index (χ2v) is 11.2. The Morgan fingerprint density at radius 2 is 1.95 bits per heavy atom. The summed E-state index contributed by atoms with van der Waals surface area (Å²) in [6.45, 7) is 6.08. The van der Waals surface area contributed by atoms with E-state index in [1.54, 1.807) is 11.0 Å². The number of amidine groups is 1. The first-order chi connectivity index (χ1) is 17.4. The number of rotatable bonds is 6. The lowest BCUT2D eigenvalue weighted by molar-refractivity contribution is 0.121. The van der Waals surface area contributed by atoms with E-state index in [9.17, 15) is 9.18 Å². The molecule has 0 radical (unpaired) electrons. The number of nitrogens with one attached hydrogen (secondary N) is 1. The molecule has 0 aromatic heterocycles. The Kier molecular flexibility index (Phi) is 7.20. The highest BCUT2D eigenvalue weighted by molar-refractivity contribution is 6.16. The fraction of sp³-hybridized carbons (Fsp3) is 0.517. The van der Waals surface area contributed by atoms with Crippen LogP contribution in [-0.2, 0) is 6.54 Å². The molecule has 4 aliphatic rings. The summed E-state index contributed by atoms with van der Waals surface area (Å²) < 4.78 is 20.3. The fourth-order valence-corrected chi connectivity index (χ4v) is 5.92. The summed E-state index contributed by atoms with van der Waals surface area (Å²) in [6, 6.07) is 15.0. The number of hydrogen-bond acceptors (Lipinski definition) is 4. The van der Waals surface area contributed by atoms with Gasteiger partial charge in [-0.25, -0.2) is 9.18 Å². The smallest absolute Gasteiger partial charge is 0.350 e. The number of carbonyl (C=O) groups excluding carboxylic acids is 1. The monoisotopic (exact) mass is 526 g/mol. The average molecular weight is 527 g/mol. The Bertz CT molecular complexity index is 1190. The first kappa shape index (κ1) is 26.0. The molecule has 0 bridgehead atoms. The number of nitrogens with zero attached hydrogens (tertiary/aromatic N) is 3. The molecule has 1 N–H and O–H groups in total. The lowest BCUT2D eigenvalue weighted by Gasteiger charge is -2.49. The molecule has 198 valence electrons. The van der Waals surface area contributed by atoms with Crippen molar-refractivity contribution in [2.24, 2.45) is 10.9 Å². The van der Waals surface area contributed by atoms with Crippen LogP contribution >= 0.6 is 12.4 Å². The molecule has 2 aliphatic carbocycles. The highest BCUT2D eigenvalue weighted by atomic mass is 35.5. The zero-order valence-corrected chi connectivity index (χ0v) is 22.3. The van der Waals surface area contributed by atoms with Gasteiger partial charge in [0.1, 0.15) is 29.0 Å². The van der Waals surface area contributed by atoms with E-state index in [0.717, 1.165) is 56.8 Å². The van der Waals surface area contributed by atoms with Crippen LogP contribution in [0.5, 0.6) is 5.75 Å². The number of likely N-dealkylation sites (tertiary alicyclic amines) is 1. The third-order valence-electron chi connectivity index (χ3n) is 8.46. The summed E-state index contributed by atoms with van der Waals surface area (Å²) in [4.78, 5) is 22.0. The summed E-state index contributed by atoms with van der Waals surface area (Å²) in [5.41, 5.74) is 1.23. The van der Waals surface area contributed by atoms with Gasteiger partial charge in [0.15, 0.2) is 0 Å². The maximum absolute atomic E-state index is 14.2. The maximum Gasteiger partial charge on any atom is 0.350 e. The molecule has 6 nitrogen and oxygen atoms in total. The van der Waals surface area contributed by atoms with Gasteiger partial charge in [0.05, 0.1) is 0 Å². The topological polar surface area (TPSA) is 57.2 Å². The van der Waals surface area contributed by atoms with Gasteiger partial charge in [-0.1, -0.05) is 25.1 Å². The van der Waals surface area contributed by atoms with Gasteiger partial charge < -0.3 is 10.1 Å². The number of halogens is 2. The Balaban J connectivity index is 0.00000280. The predicted molar refractivity (Wildman–Crippen MR) is 146 cm³/mol. The lowest BCUT2D eigenvalue weighted by Crippen LogP contribution is -2.64. The molecular weight excluding hydrogens is 491 g/mol. The Morgan fingerprint density at radius 1 is 1.16 bits per heavy atom. The van der Waals surface area contributed by atoms with E-state index >= 15 is 0 Å². The molecule has 0 unspecified atom stereocenters. The lowest BCUT2D eigenvalue weighted by atomic mass is 9.80. The van der Waals surface area contributed by atoms with Crippen LogP contribution in [0.1, 0.15) is 57.9 Å². The molecule has 4 atom stereocenters. The molecule has 1 spiro atoms. The molecule has 2 aromatic rings. The number of hydrogen-bond donors (Lipinski definition) is 1. The Labute approximate surface area is 224 Å². The minimum absolute atomic E-state index is 0. The van der Waals surface area contributed by atoms with Gasteiger partial charge >= 0.3 is 6.03 Å². The number of aliphatic imine (C=N–C) groups is 1. The minimum Gasteiger partial charge on any atom is -0.490 e. The van der Waals surface area contributed by atoms with Crippen LogP contribution in [0.2, 0.25) is 0 Å². The van der Waals surface area contributed by atoms with Crippen molar-refractivity contribution < 1.29 is 13.9 Å². The van der Waals surface area contributed by atoms with Crippen LogP contribution in [0.15, 0.2) is 53.5 Å². The van der Waals surface area contributed by atoms with Crippen LogP contribution in [0, 0.1) is 11.7 Å². The first-order valence-corrected chi connectivity index (χ1v) is 13.4. The van der Waals surface area contributed by atoms with Gasteiger partial charge in [-0.3, -0.25) is 9.80 Å². The molecule has 2 saturated carbocycles. The zero-order valence-electron chi connectivity index (χ0n) is 21.5. The van der Waals surface area contributed by atoms with Gasteiger partial charge in [-0.05, 0) is 87.3 Å². The van der Waals surface area contributed by atoms with E-state index in [1.807, 2.05) is 12.1 Å². The molecule has 1 saturated heterocycles. The molecule has 3 fully saturated rings. The van der Waals surface area contributed by atoms with Crippen LogP contribution in [0.25, 0.3) is 0 Å². The minimum atomic E-state index is -0.580. The molecule has 2 aliphatic heterocycles. The Hall–Kier alpha value is -2.64. The van der Waals surface area contributed by atoms with Crippen molar-refractivity contribution in [3.8, 4) is 5.75 Å². The zero-order chi connectivity index (χ0) is 24.9. The van der Waals surface area contributed by atoms with Crippen molar-refractivity contribution in [3.63, 3.8) is 0 Å². The van der Waals surface area contributed by atoms with Gasteiger partial charge in [0.25, 0.3) is 0 Å². The molecule has 37 heavy (non-hydrogen) atoms. The van der Waals surface area contributed by atoms with Gasteiger partial charge in [-0.2, -0.15) is 4.99 Å². The number of ether oxygens (including phenoxy) is 1. The molecule has 6 rings (SSSR count). The number of benzene rings is 2. The van der Waals surface area contributed by atoms with E-state index in [0.29, 0.717) is 23.8 Å².